The molecule has 0 amide bonds. The van der Waals surface area contributed by atoms with Crippen LogP contribution < -0.4 is 0 Å². The van der Waals surface area contributed by atoms with E-state index in [-0.39, 0.29) is 5.78 Å². The van der Waals surface area contributed by atoms with Gasteiger partial charge >= 0.3 is 0 Å². The summed E-state index contributed by atoms with van der Waals surface area (Å²) in [4.78, 5) is 12.8. The van der Waals surface area contributed by atoms with Crippen molar-refractivity contribution in [3.05, 3.63) is 25.3 Å². The number of ether oxygens (including phenoxy) is 2. The molecule has 1 saturated heterocycles. The Morgan fingerprint density at radius 1 is 1.11 bits per heavy atom. The minimum atomic E-state index is -0.697. The van der Waals surface area contributed by atoms with Crippen LogP contribution in [0.15, 0.2) is 25.3 Å². The van der Waals surface area contributed by atoms with Crippen molar-refractivity contribution in [3.8, 4) is 0 Å². The maximum Gasteiger partial charge on any atom is 0.181 e. The van der Waals surface area contributed by atoms with E-state index in [0.717, 1.165) is 25.7 Å². The van der Waals surface area contributed by atoms with Crippen LogP contribution in [0.1, 0.15) is 44.9 Å². The molecular formula is C16H24O3. The quantitative estimate of drug-likeness (QED) is 0.690. The summed E-state index contributed by atoms with van der Waals surface area (Å²) in [5.41, 5.74) is -0.535. The molecule has 3 heteroatoms. The molecular weight excluding hydrogens is 240 g/mol. The first kappa shape index (κ1) is 14.5. The molecule has 0 aromatic heterocycles. The predicted octanol–water partition coefficient (Wildman–Crippen LogP) is 3.40. The third-order valence-electron chi connectivity index (χ3n) is 4.44. The largest absolute Gasteiger partial charge is 0.346 e. The van der Waals surface area contributed by atoms with Crippen molar-refractivity contribution in [2.24, 2.45) is 5.41 Å². The first-order valence-electron chi connectivity index (χ1n) is 7.24. The van der Waals surface area contributed by atoms with Gasteiger partial charge in [0, 0.05) is 12.8 Å². The van der Waals surface area contributed by atoms with Crippen LogP contribution in [0.25, 0.3) is 0 Å². The first-order chi connectivity index (χ1) is 9.21. The van der Waals surface area contributed by atoms with E-state index >= 15 is 0 Å². The van der Waals surface area contributed by atoms with Crippen LogP contribution in [-0.4, -0.2) is 24.8 Å². The van der Waals surface area contributed by atoms with E-state index in [2.05, 4.69) is 13.2 Å². The summed E-state index contributed by atoms with van der Waals surface area (Å²) in [5, 5.41) is 0. The van der Waals surface area contributed by atoms with E-state index in [1.54, 1.807) is 6.08 Å². The highest BCUT2D eigenvalue weighted by Crippen LogP contribution is 2.53. The number of rotatable bonds is 6. The van der Waals surface area contributed by atoms with E-state index in [4.69, 9.17) is 9.47 Å². The predicted molar refractivity (Wildman–Crippen MR) is 74.8 cm³/mol. The van der Waals surface area contributed by atoms with Crippen LogP contribution in [0.5, 0.6) is 0 Å². The SMILES string of the molecule is C=CCCC(=O)C1(CC=C)CCCCC12OCCO2. The van der Waals surface area contributed by atoms with Gasteiger partial charge in [-0.25, -0.2) is 0 Å². The minimum absolute atomic E-state index is 0.244. The Labute approximate surface area is 115 Å². The Morgan fingerprint density at radius 3 is 2.42 bits per heavy atom. The van der Waals surface area contributed by atoms with Gasteiger partial charge in [0.05, 0.1) is 18.6 Å². The summed E-state index contributed by atoms with van der Waals surface area (Å²) in [5.74, 6) is -0.452. The fourth-order valence-corrected chi connectivity index (χ4v) is 3.53. The lowest BCUT2D eigenvalue weighted by Crippen LogP contribution is -2.56. The van der Waals surface area contributed by atoms with Crippen molar-refractivity contribution in [2.45, 2.75) is 50.7 Å². The number of hydrogen-bond donors (Lipinski definition) is 0. The second-order valence-electron chi connectivity index (χ2n) is 5.48. The third kappa shape index (κ3) is 2.41. The molecule has 1 unspecified atom stereocenters. The van der Waals surface area contributed by atoms with Gasteiger partial charge in [-0.15, -0.1) is 13.2 Å². The van der Waals surface area contributed by atoms with Gasteiger partial charge in [-0.3, -0.25) is 4.79 Å². The van der Waals surface area contributed by atoms with E-state index in [0.29, 0.717) is 32.5 Å². The molecule has 3 nitrogen and oxygen atoms in total. The first-order valence-corrected chi connectivity index (χ1v) is 7.24. The highest BCUT2D eigenvalue weighted by Gasteiger charge is 2.59. The molecule has 106 valence electrons. The van der Waals surface area contributed by atoms with Gasteiger partial charge in [0.1, 0.15) is 5.78 Å². The Morgan fingerprint density at radius 2 is 1.79 bits per heavy atom. The van der Waals surface area contributed by atoms with Gasteiger partial charge < -0.3 is 9.47 Å². The summed E-state index contributed by atoms with van der Waals surface area (Å²) < 4.78 is 11.9. The minimum Gasteiger partial charge on any atom is -0.346 e. The van der Waals surface area contributed by atoms with Crippen LogP contribution in [-0.2, 0) is 14.3 Å². The zero-order valence-corrected chi connectivity index (χ0v) is 11.7. The fourth-order valence-electron chi connectivity index (χ4n) is 3.53. The zero-order chi connectivity index (χ0) is 13.8. The lowest BCUT2D eigenvalue weighted by molar-refractivity contribution is -0.248. The molecule has 1 aliphatic carbocycles. The van der Waals surface area contributed by atoms with Crippen LogP contribution in [0.4, 0.5) is 0 Å². The lowest BCUT2D eigenvalue weighted by Gasteiger charge is -2.48. The highest BCUT2D eigenvalue weighted by atomic mass is 16.7. The van der Waals surface area contributed by atoms with E-state index in [1.807, 2.05) is 6.08 Å². The van der Waals surface area contributed by atoms with Crippen molar-refractivity contribution in [1.82, 2.24) is 0 Å². The highest BCUT2D eigenvalue weighted by molar-refractivity contribution is 5.86. The Bertz CT molecular complexity index is 355. The maximum atomic E-state index is 12.8. The fraction of sp³-hybridized carbons (Fsp3) is 0.688. The molecule has 1 spiro atoms. The monoisotopic (exact) mass is 264 g/mol. The van der Waals surface area contributed by atoms with Crippen LogP contribution >= 0.6 is 0 Å². The Hall–Kier alpha value is -0.930. The number of carbonyl (C=O) groups excluding carboxylic acids is 1. The normalized spacial score (nSPS) is 29.3. The van der Waals surface area contributed by atoms with Gasteiger partial charge in [-0.05, 0) is 25.7 Å². The molecule has 0 N–H and O–H groups in total. The number of carbonyl (C=O) groups is 1. The number of Topliss-reactive ketones (excluding diaryl/α,β-unsaturated/α-hetero) is 1. The molecule has 2 aliphatic rings. The molecule has 1 atom stereocenters. The standard InChI is InChI=1S/C16H24O3/c1-3-5-8-14(17)15(9-4-2)10-6-7-11-16(15)18-12-13-19-16/h3-4H,1-2,5-13H2. The number of hydrogen-bond acceptors (Lipinski definition) is 3. The van der Waals surface area contributed by atoms with Crippen molar-refractivity contribution in [1.29, 1.82) is 0 Å². The molecule has 1 saturated carbocycles. The maximum absolute atomic E-state index is 12.8. The molecule has 19 heavy (non-hydrogen) atoms. The summed E-state index contributed by atoms with van der Waals surface area (Å²) >= 11 is 0. The summed E-state index contributed by atoms with van der Waals surface area (Å²) in [6, 6.07) is 0. The number of allylic oxidation sites excluding steroid dienone is 2. The van der Waals surface area contributed by atoms with Crippen LogP contribution in [0, 0.1) is 5.41 Å². The average Bonchev–Trinajstić information content (AvgIpc) is 2.89. The summed E-state index contributed by atoms with van der Waals surface area (Å²) in [6.07, 6.45) is 9.29. The average molecular weight is 264 g/mol. The molecule has 0 radical (unpaired) electrons. The molecule has 0 bridgehead atoms. The molecule has 1 heterocycles. The Kier molecular flexibility index (Phi) is 4.58. The smallest absolute Gasteiger partial charge is 0.181 e. The topological polar surface area (TPSA) is 35.5 Å². The molecule has 2 fully saturated rings. The van der Waals surface area contributed by atoms with Gasteiger partial charge in [-0.2, -0.15) is 0 Å². The second kappa shape index (κ2) is 6.02. The second-order valence-corrected chi connectivity index (χ2v) is 5.48. The van der Waals surface area contributed by atoms with Crippen molar-refractivity contribution < 1.29 is 14.3 Å². The number of ketones is 1. The molecule has 1 aliphatic heterocycles. The zero-order valence-electron chi connectivity index (χ0n) is 11.7. The van der Waals surface area contributed by atoms with Gasteiger partial charge in [-0.1, -0.05) is 18.6 Å². The molecule has 2 rings (SSSR count). The molecule has 0 aromatic carbocycles. The molecule has 0 aromatic rings. The lowest BCUT2D eigenvalue weighted by atomic mass is 9.63. The van der Waals surface area contributed by atoms with Gasteiger partial charge in [0.2, 0.25) is 0 Å². The van der Waals surface area contributed by atoms with Gasteiger partial charge in [0.15, 0.2) is 5.79 Å². The Balaban J connectivity index is 2.30. The third-order valence-corrected chi connectivity index (χ3v) is 4.44. The summed E-state index contributed by atoms with van der Waals surface area (Å²) in [6.45, 7) is 8.72. The van der Waals surface area contributed by atoms with E-state index < -0.39 is 11.2 Å². The van der Waals surface area contributed by atoms with Crippen LogP contribution in [0.2, 0.25) is 0 Å². The van der Waals surface area contributed by atoms with Gasteiger partial charge in [0.25, 0.3) is 0 Å². The van der Waals surface area contributed by atoms with Crippen molar-refractivity contribution >= 4 is 5.78 Å². The van der Waals surface area contributed by atoms with Crippen molar-refractivity contribution in [3.63, 3.8) is 0 Å². The van der Waals surface area contributed by atoms with E-state index in [1.165, 1.54) is 0 Å². The van der Waals surface area contributed by atoms with Crippen molar-refractivity contribution in [2.75, 3.05) is 13.2 Å². The van der Waals surface area contributed by atoms with E-state index in [9.17, 15) is 4.79 Å². The van der Waals surface area contributed by atoms with Crippen LogP contribution in [0.3, 0.4) is 0 Å². The summed E-state index contributed by atoms with van der Waals surface area (Å²) in [7, 11) is 0.